The predicted molar refractivity (Wildman–Crippen MR) is 74.4 cm³/mol. The SMILES string of the molecule is Cl.c1ccc2c(C3NCCS3)cccc2c1. The van der Waals surface area contributed by atoms with E-state index in [-0.39, 0.29) is 12.4 Å². The van der Waals surface area contributed by atoms with Crippen LogP contribution in [-0.4, -0.2) is 12.3 Å². The molecule has 0 bridgehead atoms. The summed E-state index contributed by atoms with van der Waals surface area (Å²) in [6.07, 6.45) is 0. The minimum Gasteiger partial charge on any atom is -0.301 e. The van der Waals surface area contributed by atoms with Gasteiger partial charge < -0.3 is 5.32 Å². The van der Waals surface area contributed by atoms with E-state index in [1.165, 1.54) is 22.1 Å². The number of nitrogens with one attached hydrogen (secondary N) is 1. The Labute approximate surface area is 106 Å². The lowest BCUT2D eigenvalue weighted by Gasteiger charge is -2.12. The first-order valence-electron chi connectivity index (χ1n) is 5.28. The van der Waals surface area contributed by atoms with E-state index in [0.717, 1.165) is 6.54 Å². The van der Waals surface area contributed by atoms with Gasteiger partial charge in [0, 0.05) is 12.3 Å². The van der Waals surface area contributed by atoms with E-state index in [0.29, 0.717) is 5.37 Å². The molecule has 1 heterocycles. The maximum Gasteiger partial charge on any atom is 0.0796 e. The van der Waals surface area contributed by atoms with Crippen molar-refractivity contribution in [1.29, 1.82) is 0 Å². The van der Waals surface area contributed by atoms with Crippen molar-refractivity contribution in [2.75, 3.05) is 12.3 Å². The first kappa shape index (κ1) is 11.8. The van der Waals surface area contributed by atoms with Gasteiger partial charge in [0.2, 0.25) is 0 Å². The van der Waals surface area contributed by atoms with Crippen LogP contribution in [0.1, 0.15) is 10.9 Å². The summed E-state index contributed by atoms with van der Waals surface area (Å²) < 4.78 is 0. The van der Waals surface area contributed by atoms with Gasteiger partial charge in [-0.05, 0) is 16.3 Å². The second kappa shape index (κ2) is 5.09. The molecular weight excluding hydrogens is 238 g/mol. The summed E-state index contributed by atoms with van der Waals surface area (Å²) in [4.78, 5) is 0. The molecule has 1 N–H and O–H groups in total. The van der Waals surface area contributed by atoms with E-state index in [4.69, 9.17) is 0 Å². The van der Waals surface area contributed by atoms with Gasteiger partial charge in [-0.2, -0.15) is 0 Å². The molecule has 3 heteroatoms. The minimum atomic E-state index is 0. The lowest BCUT2D eigenvalue weighted by atomic mass is 10.0. The van der Waals surface area contributed by atoms with Crippen molar-refractivity contribution in [2.24, 2.45) is 0 Å². The summed E-state index contributed by atoms with van der Waals surface area (Å²) >= 11 is 2.00. The molecule has 1 unspecified atom stereocenters. The third kappa shape index (κ3) is 2.05. The maximum absolute atomic E-state index is 3.53. The molecule has 16 heavy (non-hydrogen) atoms. The van der Waals surface area contributed by atoms with Gasteiger partial charge in [0.25, 0.3) is 0 Å². The Morgan fingerprint density at radius 3 is 2.69 bits per heavy atom. The molecule has 0 radical (unpaired) electrons. The van der Waals surface area contributed by atoms with Crippen molar-refractivity contribution >= 4 is 34.9 Å². The molecule has 0 spiro atoms. The van der Waals surface area contributed by atoms with Crippen molar-refractivity contribution in [1.82, 2.24) is 5.32 Å². The molecule has 2 aromatic carbocycles. The van der Waals surface area contributed by atoms with Crippen LogP contribution in [0.4, 0.5) is 0 Å². The molecule has 0 amide bonds. The van der Waals surface area contributed by atoms with Crippen molar-refractivity contribution in [3.05, 3.63) is 48.0 Å². The Hall–Kier alpha value is -0.700. The summed E-state index contributed by atoms with van der Waals surface area (Å²) in [7, 11) is 0. The monoisotopic (exact) mass is 251 g/mol. The van der Waals surface area contributed by atoms with E-state index in [2.05, 4.69) is 47.8 Å². The van der Waals surface area contributed by atoms with Crippen LogP contribution in [-0.2, 0) is 0 Å². The van der Waals surface area contributed by atoms with E-state index in [1.54, 1.807) is 0 Å². The summed E-state index contributed by atoms with van der Waals surface area (Å²) in [5.74, 6) is 1.22. The number of thioether (sulfide) groups is 1. The van der Waals surface area contributed by atoms with Crippen LogP contribution in [0.15, 0.2) is 42.5 Å². The van der Waals surface area contributed by atoms with E-state index >= 15 is 0 Å². The number of hydrogen-bond acceptors (Lipinski definition) is 2. The summed E-state index contributed by atoms with van der Waals surface area (Å²) in [5.41, 5.74) is 1.43. The van der Waals surface area contributed by atoms with Crippen LogP contribution < -0.4 is 5.32 Å². The van der Waals surface area contributed by atoms with Gasteiger partial charge in [-0.1, -0.05) is 42.5 Å². The van der Waals surface area contributed by atoms with Crippen LogP contribution >= 0.6 is 24.2 Å². The van der Waals surface area contributed by atoms with Gasteiger partial charge in [0.1, 0.15) is 0 Å². The standard InChI is InChI=1S/C13H13NS.ClH/c1-2-6-11-10(4-1)5-3-7-12(11)13-14-8-9-15-13;/h1-7,13-14H,8-9H2;1H. The molecule has 0 saturated carbocycles. The second-order valence-corrected chi connectivity index (χ2v) is 4.99. The first-order valence-corrected chi connectivity index (χ1v) is 6.33. The molecule has 1 aliphatic heterocycles. The second-order valence-electron chi connectivity index (χ2n) is 3.77. The number of rotatable bonds is 1. The Morgan fingerprint density at radius 1 is 1.06 bits per heavy atom. The lowest BCUT2D eigenvalue weighted by molar-refractivity contribution is 0.755. The van der Waals surface area contributed by atoms with Crippen LogP contribution in [0.25, 0.3) is 10.8 Å². The van der Waals surface area contributed by atoms with Crippen molar-refractivity contribution in [3.8, 4) is 0 Å². The highest BCUT2D eigenvalue weighted by Gasteiger charge is 2.18. The van der Waals surface area contributed by atoms with Gasteiger partial charge in [0.15, 0.2) is 0 Å². The van der Waals surface area contributed by atoms with Crippen LogP contribution in [0, 0.1) is 0 Å². The van der Waals surface area contributed by atoms with Gasteiger partial charge in [-0.25, -0.2) is 0 Å². The molecule has 3 rings (SSSR count). The van der Waals surface area contributed by atoms with Gasteiger partial charge in [-0.3, -0.25) is 0 Å². The molecule has 1 saturated heterocycles. The van der Waals surface area contributed by atoms with Crippen LogP contribution in [0.5, 0.6) is 0 Å². The highest BCUT2D eigenvalue weighted by molar-refractivity contribution is 7.99. The van der Waals surface area contributed by atoms with Gasteiger partial charge >= 0.3 is 0 Å². The number of benzene rings is 2. The van der Waals surface area contributed by atoms with Crippen LogP contribution in [0.3, 0.4) is 0 Å². The molecule has 1 nitrogen and oxygen atoms in total. The molecule has 1 atom stereocenters. The topological polar surface area (TPSA) is 12.0 Å². The summed E-state index contributed by atoms with van der Waals surface area (Å²) in [6, 6.07) is 15.2. The minimum absolute atomic E-state index is 0. The largest absolute Gasteiger partial charge is 0.301 e. The van der Waals surface area contributed by atoms with E-state index < -0.39 is 0 Å². The van der Waals surface area contributed by atoms with Gasteiger partial charge in [0.05, 0.1) is 5.37 Å². The lowest BCUT2D eigenvalue weighted by Crippen LogP contribution is -2.12. The molecule has 2 aromatic rings. The smallest absolute Gasteiger partial charge is 0.0796 e. The number of hydrogen-bond donors (Lipinski definition) is 1. The fourth-order valence-electron chi connectivity index (χ4n) is 2.10. The zero-order valence-corrected chi connectivity index (χ0v) is 10.5. The zero-order chi connectivity index (χ0) is 10.1. The molecule has 0 aromatic heterocycles. The molecule has 84 valence electrons. The molecule has 1 fully saturated rings. The average Bonchev–Trinajstić information content (AvgIpc) is 2.82. The number of fused-ring (bicyclic) bond motifs is 1. The van der Waals surface area contributed by atoms with Crippen molar-refractivity contribution in [2.45, 2.75) is 5.37 Å². The first-order chi connectivity index (χ1) is 7.45. The normalized spacial score (nSPS) is 19.6. The Balaban J connectivity index is 0.000000963. The third-order valence-corrected chi connectivity index (χ3v) is 4.02. The highest BCUT2D eigenvalue weighted by atomic mass is 35.5. The highest BCUT2D eigenvalue weighted by Crippen LogP contribution is 2.34. The Morgan fingerprint density at radius 2 is 1.88 bits per heavy atom. The third-order valence-electron chi connectivity index (χ3n) is 2.82. The maximum atomic E-state index is 3.53. The summed E-state index contributed by atoms with van der Waals surface area (Å²) in [6.45, 7) is 1.12. The molecule has 0 aliphatic carbocycles. The zero-order valence-electron chi connectivity index (χ0n) is 8.85. The average molecular weight is 252 g/mol. The Bertz CT molecular complexity index is 475. The van der Waals surface area contributed by atoms with Crippen LogP contribution in [0.2, 0.25) is 0 Å². The predicted octanol–water partition coefficient (Wildman–Crippen LogP) is 3.60. The Kier molecular flexibility index (Phi) is 3.74. The molecule has 1 aliphatic rings. The van der Waals surface area contributed by atoms with E-state index in [1.807, 2.05) is 11.8 Å². The quantitative estimate of drug-likeness (QED) is 0.831. The van der Waals surface area contributed by atoms with Crippen molar-refractivity contribution < 1.29 is 0 Å². The summed E-state index contributed by atoms with van der Waals surface area (Å²) in [5, 5.41) is 6.73. The fraction of sp³-hybridized carbons (Fsp3) is 0.231. The fourth-order valence-corrected chi connectivity index (χ4v) is 3.20. The van der Waals surface area contributed by atoms with Gasteiger partial charge in [-0.15, -0.1) is 24.2 Å². The van der Waals surface area contributed by atoms with Crippen molar-refractivity contribution in [3.63, 3.8) is 0 Å². The number of halogens is 1. The molecular formula is C13H14ClNS. The van der Waals surface area contributed by atoms with E-state index in [9.17, 15) is 0 Å².